The van der Waals surface area contributed by atoms with Gasteiger partial charge in [-0.25, -0.2) is 9.97 Å². The third-order valence-corrected chi connectivity index (χ3v) is 4.54. The third kappa shape index (κ3) is 3.97. The standard InChI is InChI=1S/C21H18ClN5O/c22-15-3-1-4-17(11-15)26-20-18-12-19(27-21(18)25-13-24-20)14-5-7-16(8-6-14)23-9-2-10-28/h1,3-8,10-13,23H,2,9H2,(H2,24,25,26,27). The minimum absolute atomic E-state index is 0.491. The SMILES string of the molecule is O=CCCNc1ccc(-c2cc3c(Nc4cccc(Cl)c4)ncnc3[nH]2)cc1. The molecule has 4 aromatic rings. The Kier molecular flexibility index (Phi) is 5.21. The summed E-state index contributed by atoms with van der Waals surface area (Å²) in [6, 6.07) is 17.5. The highest BCUT2D eigenvalue weighted by Gasteiger charge is 2.10. The molecule has 0 saturated carbocycles. The molecular weight excluding hydrogens is 374 g/mol. The van der Waals surface area contributed by atoms with Crippen LogP contribution in [0.1, 0.15) is 6.42 Å². The van der Waals surface area contributed by atoms with Crippen LogP contribution in [0.3, 0.4) is 0 Å². The number of carbonyl (C=O) groups is 1. The quantitative estimate of drug-likeness (QED) is 0.304. The Hall–Kier alpha value is -3.38. The highest BCUT2D eigenvalue weighted by Crippen LogP contribution is 2.29. The zero-order valence-corrected chi connectivity index (χ0v) is 15.7. The van der Waals surface area contributed by atoms with Crippen LogP contribution in [0.4, 0.5) is 17.2 Å². The molecule has 0 aliphatic carbocycles. The van der Waals surface area contributed by atoms with Gasteiger partial charge in [-0.05, 0) is 42.0 Å². The molecule has 3 N–H and O–H groups in total. The number of halogens is 1. The Morgan fingerprint density at radius 2 is 1.89 bits per heavy atom. The lowest BCUT2D eigenvalue weighted by atomic mass is 10.1. The highest BCUT2D eigenvalue weighted by atomic mass is 35.5. The van der Waals surface area contributed by atoms with Gasteiger partial charge in [0, 0.05) is 35.1 Å². The van der Waals surface area contributed by atoms with Crippen molar-refractivity contribution in [1.29, 1.82) is 0 Å². The van der Waals surface area contributed by atoms with Gasteiger partial charge in [-0.1, -0.05) is 29.8 Å². The monoisotopic (exact) mass is 391 g/mol. The lowest BCUT2D eigenvalue weighted by molar-refractivity contribution is -0.107. The number of benzene rings is 2. The number of H-pyrrole nitrogens is 1. The number of aromatic nitrogens is 3. The van der Waals surface area contributed by atoms with E-state index in [-0.39, 0.29) is 0 Å². The van der Waals surface area contributed by atoms with Crippen molar-refractivity contribution in [2.45, 2.75) is 6.42 Å². The molecule has 0 amide bonds. The third-order valence-electron chi connectivity index (χ3n) is 4.30. The first-order valence-corrected chi connectivity index (χ1v) is 9.25. The molecule has 140 valence electrons. The van der Waals surface area contributed by atoms with Crippen LogP contribution in [0.2, 0.25) is 5.02 Å². The number of nitrogens with zero attached hydrogens (tertiary/aromatic N) is 2. The Morgan fingerprint density at radius 3 is 2.68 bits per heavy atom. The fourth-order valence-electron chi connectivity index (χ4n) is 2.94. The molecule has 0 fully saturated rings. The fourth-order valence-corrected chi connectivity index (χ4v) is 3.13. The molecule has 0 radical (unpaired) electrons. The molecule has 7 heteroatoms. The number of fused-ring (bicyclic) bond motifs is 1. The predicted molar refractivity (Wildman–Crippen MR) is 113 cm³/mol. The van der Waals surface area contributed by atoms with Crippen molar-refractivity contribution in [3.8, 4) is 11.3 Å². The van der Waals surface area contributed by atoms with Gasteiger partial charge in [0.15, 0.2) is 0 Å². The largest absolute Gasteiger partial charge is 0.385 e. The maximum atomic E-state index is 10.4. The Balaban J connectivity index is 1.60. The lowest BCUT2D eigenvalue weighted by Crippen LogP contribution is -2.01. The smallest absolute Gasteiger partial charge is 0.143 e. The Bertz CT molecular complexity index is 1110. The summed E-state index contributed by atoms with van der Waals surface area (Å²) in [6.45, 7) is 0.628. The number of nitrogens with one attached hydrogen (secondary N) is 3. The molecule has 2 heterocycles. The number of hydrogen-bond donors (Lipinski definition) is 3. The van der Waals surface area contributed by atoms with E-state index in [0.717, 1.165) is 40.0 Å². The van der Waals surface area contributed by atoms with Crippen LogP contribution in [0.25, 0.3) is 22.3 Å². The first-order valence-electron chi connectivity index (χ1n) is 8.87. The highest BCUT2D eigenvalue weighted by molar-refractivity contribution is 6.30. The Labute approximate surface area is 167 Å². The molecule has 0 unspecified atom stereocenters. The van der Waals surface area contributed by atoms with Crippen LogP contribution in [-0.2, 0) is 4.79 Å². The first kappa shape index (κ1) is 18.0. The van der Waals surface area contributed by atoms with E-state index in [9.17, 15) is 4.79 Å². The van der Waals surface area contributed by atoms with Gasteiger partial charge >= 0.3 is 0 Å². The second-order valence-corrected chi connectivity index (χ2v) is 6.70. The molecule has 0 bridgehead atoms. The second-order valence-electron chi connectivity index (χ2n) is 6.26. The average Bonchev–Trinajstić information content (AvgIpc) is 3.14. The molecule has 2 aromatic carbocycles. The van der Waals surface area contributed by atoms with Gasteiger partial charge in [0.25, 0.3) is 0 Å². The normalized spacial score (nSPS) is 10.8. The molecule has 2 aromatic heterocycles. The van der Waals surface area contributed by atoms with Crippen LogP contribution in [0.5, 0.6) is 0 Å². The van der Waals surface area contributed by atoms with E-state index in [1.54, 1.807) is 0 Å². The minimum atomic E-state index is 0.491. The van der Waals surface area contributed by atoms with E-state index >= 15 is 0 Å². The van der Waals surface area contributed by atoms with Gasteiger partial charge in [0.1, 0.15) is 24.1 Å². The summed E-state index contributed by atoms with van der Waals surface area (Å²) in [6.07, 6.45) is 2.92. The van der Waals surface area contributed by atoms with Crippen LogP contribution < -0.4 is 10.6 Å². The van der Waals surface area contributed by atoms with E-state index in [4.69, 9.17) is 11.6 Å². The van der Waals surface area contributed by atoms with E-state index in [1.165, 1.54) is 6.33 Å². The van der Waals surface area contributed by atoms with E-state index in [2.05, 4.69) is 25.6 Å². The van der Waals surface area contributed by atoms with Crippen molar-refractivity contribution in [3.63, 3.8) is 0 Å². The first-order chi connectivity index (χ1) is 13.7. The van der Waals surface area contributed by atoms with Crippen LogP contribution in [0, 0.1) is 0 Å². The van der Waals surface area contributed by atoms with E-state index in [0.29, 0.717) is 23.8 Å². The summed E-state index contributed by atoms with van der Waals surface area (Å²) in [5.74, 6) is 0.710. The molecule has 4 rings (SSSR count). The van der Waals surface area contributed by atoms with E-state index < -0.39 is 0 Å². The molecule has 28 heavy (non-hydrogen) atoms. The van der Waals surface area contributed by atoms with Crippen molar-refractivity contribution in [2.24, 2.45) is 0 Å². The van der Waals surface area contributed by atoms with Crippen LogP contribution >= 0.6 is 11.6 Å². The average molecular weight is 392 g/mol. The number of aromatic amines is 1. The van der Waals surface area contributed by atoms with Crippen molar-refractivity contribution in [2.75, 3.05) is 17.2 Å². The Morgan fingerprint density at radius 1 is 1.04 bits per heavy atom. The van der Waals surface area contributed by atoms with E-state index in [1.807, 2.05) is 54.6 Å². The summed E-state index contributed by atoms with van der Waals surface area (Å²) in [4.78, 5) is 22.5. The van der Waals surface area contributed by atoms with Crippen LogP contribution in [0.15, 0.2) is 60.9 Å². The zero-order chi connectivity index (χ0) is 19.3. The fraction of sp³-hybridized carbons (Fsp3) is 0.0952. The number of anilines is 3. The number of hydrogen-bond acceptors (Lipinski definition) is 5. The van der Waals surface area contributed by atoms with Crippen molar-refractivity contribution in [1.82, 2.24) is 15.0 Å². The van der Waals surface area contributed by atoms with Gasteiger partial charge in [-0.15, -0.1) is 0 Å². The summed E-state index contributed by atoms with van der Waals surface area (Å²) >= 11 is 6.06. The number of carbonyl (C=O) groups excluding carboxylic acids is 1. The van der Waals surface area contributed by atoms with Crippen molar-refractivity contribution in [3.05, 3.63) is 65.9 Å². The van der Waals surface area contributed by atoms with Crippen molar-refractivity contribution >= 4 is 46.1 Å². The summed E-state index contributed by atoms with van der Waals surface area (Å²) in [5, 5.41) is 8.06. The molecule has 0 spiro atoms. The zero-order valence-electron chi connectivity index (χ0n) is 14.9. The lowest BCUT2D eigenvalue weighted by Gasteiger charge is -2.06. The summed E-state index contributed by atoms with van der Waals surface area (Å²) < 4.78 is 0. The van der Waals surface area contributed by atoms with Crippen LogP contribution in [-0.4, -0.2) is 27.8 Å². The van der Waals surface area contributed by atoms with Gasteiger partial charge in [0.2, 0.25) is 0 Å². The predicted octanol–water partition coefficient (Wildman–Crippen LogP) is 5.02. The molecular formula is C21H18ClN5O. The maximum absolute atomic E-state index is 10.4. The summed E-state index contributed by atoms with van der Waals surface area (Å²) in [7, 11) is 0. The minimum Gasteiger partial charge on any atom is -0.385 e. The second kappa shape index (κ2) is 8.10. The maximum Gasteiger partial charge on any atom is 0.143 e. The number of rotatable bonds is 7. The topological polar surface area (TPSA) is 82.7 Å². The summed E-state index contributed by atoms with van der Waals surface area (Å²) in [5.41, 5.74) is 4.57. The molecule has 0 saturated heterocycles. The van der Waals surface area contributed by atoms with Gasteiger partial charge in [-0.2, -0.15) is 0 Å². The van der Waals surface area contributed by atoms with Gasteiger partial charge < -0.3 is 20.4 Å². The molecule has 0 aliphatic heterocycles. The molecule has 6 nitrogen and oxygen atoms in total. The van der Waals surface area contributed by atoms with Gasteiger partial charge in [-0.3, -0.25) is 0 Å². The van der Waals surface area contributed by atoms with Gasteiger partial charge in [0.05, 0.1) is 5.39 Å². The molecule has 0 aliphatic rings. The van der Waals surface area contributed by atoms with Crippen molar-refractivity contribution < 1.29 is 4.79 Å². The molecule has 0 atom stereocenters. The number of aldehydes is 1.